The van der Waals surface area contributed by atoms with Crippen molar-refractivity contribution in [3.8, 4) is 5.75 Å². The van der Waals surface area contributed by atoms with Gasteiger partial charge >= 0.3 is 0 Å². The Balaban J connectivity index is 1.65. The van der Waals surface area contributed by atoms with Crippen molar-refractivity contribution in [3.05, 3.63) is 41.2 Å². The molecule has 3 aromatic rings. The maximum atomic E-state index is 5.52. The number of thiazole rings is 1. The van der Waals surface area contributed by atoms with Gasteiger partial charge in [0, 0.05) is 19.0 Å². The standard InChI is InChI=1S/C17H18N4OS/c1-11-20-15-16(18-10-19-17(15)23-11)21-8-7-12(9-21)13-5-3-4-6-14(13)22-2/h3-6,10,12H,7-9H2,1-2H3. The van der Waals surface area contributed by atoms with Crippen LogP contribution in [0.1, 0.15) is 22.9 Å². The third-order valence-corrected chi connectivity index (χ3v) is 5.23. The number of aromatic nitrogens is 3. The molecule has 2 aromatic heterocycles. The van der Waals surface area contributed by atoms with Gasteiger partial charge in [-0.1, -0.05) is 29.5 Å². The second kappa shape index (κ2) is 5.77. The number of methoxy groups -OCH3 is 1. The summed E-state index contributed by atoms with van der Waals surface area (Å²) in [5, 5.41) is 1.03. The predicted molar refractivity (Wildman–Crippen MR) is 92.5 cm³/mol. The first-order valence-electron chi connectivity index (χ1n) is 7.72. The second-order valence-corrected chi connectivity index (χ2v) is 6.94. The lowest BCUT2D eigenvalue weighted by molar-refractivity contribution is 0.406. The number of benzene rings is 1. The average molecular weight is 326 g/mol. The summed E-state index contributed by atoms with van der Waals surface area (Å²) < 4.78 is 5.52. The third-order valence-electron chi connectivity index (χ3n) is 4.35. The molecular weight excluding hydrogens is 308 g/mol. The molecule has 5 nitrogen and oxygen atoms in total. The van der Waals surface area contributed by atoms with Gasteiger partial charge in [-0.25, -0.2) is 15.0 Å². The summed E-state index contributed by atoms with van der Waals surface area (Å²) in [7, 11) is 1.73. The molecule has 0 amide bonds. The lowest BCUT2D eigenvalue weighted by Gasteiger charge is -2.18. The van der Waals surface area contributed by atoms with Gasteiger partial charge in [0.1, 0.15) is 22.4 Å². The lowest BCUT2D eigenvalue weighted by atomic mass is 9.97. The van der Waals surface area contributed by atoms with Gasteiger partial charge in [-0.15, -0.1) is 0 Å². The number of para-hydroxylation sites is 1. The average Bonchev–Trinajstić information content (AvgIpc) is 3.20. The van der Waals surface area contributed by atoms with Crippen molar-refractivity contribution in [1.82, 2.24) is 15.0 Å². The van der Waals surface area contributed by atoms with Crippen LogP contribution >= 0.6 is 11.3 Å². The van der Waals surface area contributed by atoms with Gasteiger partial charge in [-0.3, -0.25) is 0 Å². The highest BCUT2D eigenvalue weighted by molar-refractivity contribution is 7.18. The number of anilines is 1. The molecule has 0 saturated carbocycles. The number of rotatable bonds is 3. The van der Waals surface area contributed by atoms with Crippen molar-refractivity contribution in [2.75, 3.05) is 25.1 Å². The first-order chi connectivity index (χ1) is 11.3. The van der Waals surface area contributed by atoms with Crippen LogP contribution in [0.4, 0.5) is 5.82 Å². The largest absolute Gasteiger partial charge is 0.496 e. The van der Waals surface area contributed by atoms with Gasteiger partial charge in [0.2, 0.25) is 0 Å². The number of hydrogen-bond acceptors (Lipinski definition) is 6. The number of nitrogens with zero attached hydrogens (tertiary/aromatic N) is 4. The van der Waals surface area contributed by atoms with E-state index in [1.165, 1.54) is 5.56 Å². The van der Waals surface area contributed by atoms with E-state index in [9.17, 15) is 0 Å². The highest BCUT2D eigenvalue weighted by Crippen LogP contribution is 2.36. The molecule has 0 bridgehead atoms. The van der Waals surface area contributed by atoms with E-state index in [0.29, 0.717) is 5.92 Å². The molecule has 1 saturated heterocycles. The van der Waals surface area contributed by atoms with E-state index >= 15 is 0 Å². The second-order valence-electron chi connectivity index (χ2n) is 5.76. The summed E-state index contributed by atoms with van der Waals surface area (Å²) >= 11 is 1.62. The van der Waals surface area contributed by atoms with Crippen LogP contribution < -0.4 is 9.64 Å². The molecule has 0 aliphatic carbocycles. The molecule has 1 fully saturated rings. The van der Waals surface area contributed by atoms with Gasteiger partial charge in [-0.2, -0.15) is 0 Å². The van der Waals surface area contributed by atoms with E-state index in [2.05, 4.69) is 32.0 Å². The summed E-state index contributed by atoms with van der Waals surface area (Å²) in [5.74, 6) is 2.38. The van der Waals surface area contributed by atoms with Crippen LogP contribution in [0.5, 0.6) is 5.75 Å². The molecule has 0 radical (unpaired) electrons. The van der Waals surface area contributed by atoms with Crippen LogP contribution in [0, 0.1) is 6.92 Å². The van der Waals surface area contributed by atoms with Crippen LogP contribution in [-0.4, -0.2) is 35.2 Å². The third kappa shape index (κ3) is 2.53. The van der Waals surface area contributed by atoms with Crippen LogP contribution in [0.2, 0.25) is 0 Å². The van der Waals surface area contributed by atoms with Gasteiger partial charge in [0.05, 0.1) is 12.1 Å². The molecule has 6 heteroatoms. The number of fused-ring (bicyclic) bond motifs is 1. The molecule has 118 valence electrons. The molecule has 0 spiro atoms. The highest BCUT2D eigenvalue weighted by Gasteiger charge is 2.28. The predicted octanol–water partition coefficient (Wildman–Crippen LogP) is 3.40. The van der Waals surface area contributed by atoms with Crippen molar-refractivity contribution >= 4 is 27.5 Å². The van der Waals surface area contributed by atoms with Crippen LogP contribution in [-0.2, 0) is 0 Å². The van der Waals surface area contributed by atoms with Crippen molar-refractivity contribution in [2.45, 2.75) is 19.3 Å². The molecule has 1 atom stereocenters. The summed E-state index contributed by atoms with van der Waals surface area (Å²) in [4.78, 5) is 16.7. The molecule has 1 aliphatic rings. The topological polar surface area (TPSA) is 51.1 Å². The molecule has 1 unspecified atom stereocenters. The fourth-order valence-electron chi connectivity index (χ4n) is 3.29. The summed E-state index contributed by atoms with van der Waals surface area (Å²) in [6.07, 6.45) is 2.74. The monoisotopic (exact) mass is 326 g/mol. The van der Waals surface area contributed by atoms with Crippen LogP contribution in [0.15, 0.2) is 30.6 Å². The molecule has 1 aliphatic heterocycles. The minimum absolute atomic E-state index is 0.455. The maximum Gasteiger partial charge on any atom is 0.159 e. The Kier molecular flexibility index (Phi) is 3.61. The summed E-state index contributed by atoms with van der Waals surface area (Å²) in [6.45, 7) is 3.92. The van der Waals surface area contributed by atoms with Crippen molar-refractivity contribution in [3.63, 3.8) is 0 Å². The van der Waals surface area contributed by atoms with Crippen molar-refractivity contribution < 1.29 is 4.74 Å². The fourth-order valence-corrected chi connectivity index (χ4v) is 4.04. The zero-order chi connectivity index (χ0) is 15.8. The molecule has 1 aromatic carbocycles. The fraction of sp³-hybridized carbons (Fsp3) is 0.353. The Morgan fingerprint density at radius 1 is 1.26 bits per heavy atom. The van der Waals surface area contributed by atoms with E-state index in [1.54, 1.807) is 24.8 Å². The molecule has 0 N–H and O–H groups in total. The Hall–Kier alpha value is -2.21. The number of hydrogen-bond donors (Lipinski definition) is 0. The van der Waals surface area contributed by atoms with Crippen LogP contribution in [0.3, 0.4) is 0 Å². The summed E-state index contributed by atoms with van der Waals surface area (Å²) in [5.41, 5.74) is 2.20. The van der Waals surface area contributed by atoms with Gasteiger partial charge in [0.25, 0.3) is 0 Å². The zero-order valence-corrected chi connectivity index (χ0v) is 14.0. The minimum Gasteiger partial charge on any atom is -0.496 e. The van der Waals surface area contributed by atoms with E-state index in [1.807, 2.05) is 19.1 Å². The first kappa shape index (κ1) is 14.4. The number of aryl methyl sites for hydroxylation is 1. The van der Waals surface area contributed by atoms with Crippen molar-refractivity contribution in [1.29, 1.82) is 0 Å². The van der Waals surface area contributed by atoms with E-state index in [0.717, 1.165) is 46.4 Å². The quantitative estimate of drug-likeness (QED) is 0.738. The first-order valence-corrected chi connectivity index (χ1v) is 8.54. The Morgan fingerprint density at radius 3 is 3.00 bits per heavy atom. The zero-order valence-electron chi connectivity index (χ0n) is 13.2. The molecule has 23 heavy (non-hydrogen) atoms. The minimum atomic E-state index is 0.455. The molecule has 3 heterocycles. The van der Waals surface area contributed by atoms with Crippen molar-refractivity contribution in [2.24, 2.45) is 0 Å². The number of ether oxygens (including phenoxy) is 1. The van der Waals surface area contributed by atoms with Crippen LogP contribution in [0.25, 0.3) is 10.3 Å². The van der Waals surface area contributed by atoms with E-state index < -0.39 is 0 Å². The van der Waals surface area contributed by atoms with E-state index in [4.69, 9.17) is 4.74 Å². The maximum absolute atomic E-state index is 5.52. The van der Waals surface area contributed by atoms with E-state index in [-0.39, 0.29) is 0 Å². The molecule has 4 rings (SSSR count). The SMILES string of the molecule is COc1ccccc1C1CCN(c2ncnc3sc(C)nc23)C1. The van der Waals surface area contributed by atoms with Gasteiger partial charge in [-0.05, 0) is 25.0 Å². The lowest BCUT2D eigenvalue weighted by Crippen LogP contribution is -2.21. The normalized spacial score (nSPS) is 17.8. The Morgan fingerprint density at radius 2 is 2.13 bits per heavy atom. The van der Waals surface area contributed by atoms with Gasteiger partial charge in [0.15, 0.2) is 5.82 Å². The van der Waals surface area contributed by atoms with Gasteiger partial charge < -0.3 is 9.64 Å². The highest BCUT2D eigenvalue weighted by atomic mass is 32.1. The summed E-state index contributed by atoms with van der Waals surface area (Å²) in [6, 6.07) is 8.29. The Bertz CT molecular complexity index is 847. The Labute approximate surface area is 139 Å². The molecular formula is C17H18N4OS. The smallest absolute Gasteiger partial charge is 0.159 e.